The van der Waals surface area contributed by atoms with Gasteiger partial charge in [0, 0.05) is 10.6 Å². The van der Waals surface area contributed by atoms with Crippen LogP contribution in [0.1, 0.15) is 44.3 Å². The van der Waals surface area contributed by atoms with Crippen LogP contribution in [0.25, 0.3) is 10.6 Å². The zero-order chi connectivity index (χ0) is 18.1. The summed E-state index contributed by atoms with van der Waals surface area (Å²) in [6.45, 7) is 9.78. The molecule has 1 aromatic heterocycles. The second-order valence-electron chi connectivity index (χ2n) is 7.05. The molecule has 7 heteroatoms. The van der Waals surface area contributed by atoms with Crippen LogP contribution in [0.4, 0.5) is 0 Å². The van der Waals surface area contributed by atoms with E-state index in [9.17, 15) is 4.79 Å². The predicted octanol–water partition coefficient (Wildman–Crippen LogP) is 4.74. The van der Waals surface area contributed by atoms with Crippen molar-refractivity contribution in [2.75, 3.05) is 0 Å². The smallest absolute Gasteiger partial charge is 0.237 e. The molecule has 1 aromatic carbocycles. The van der Waals surface area contributed by atoms with Gasteiger partial charge in [-0.05, 0) is 31.4 Å². The minimum Gasteiger partial charge on any atom is -0.347 e. The molecule has 0 saturated carbocycles. The van der Waals surface area contributed by atoms with Crippen LogP contribution in [0, 0.1) is 12.3 Å². The number of thiazole rings is 1. The molecule has 3 N–H and O–H groups in total. The number of nitrogens with zero attached hydrogens (tertiary/aromatic N) is 1. The Bertz CT molecular complexity index is 723. The number of carbonyl (C=O) groups is 1. The number of carbonyl (C=O) groups excluding carboxylic acids is 1. The molecule has 0 radical (unpaired) electrons. The number of rotatable bonds is 4. The monoisotopic (exact) mass is 401 g/mol. The Labute approximate surface area is 164 Å². The number of halogens is 2. The van der Waals surface area contributed by atoms with Crippen LogP contribution >= 0.6 is 35.3 Å². The fraction of sp³-hybridized carbons (Fsp3) is 0.444. The van der Waals surface area contributed by atoms with Gasteiger partial charge in [0.15, 0.2) is 0 Å². The number of aromatic nitrogens is 1. The lowest BCUT2D eigenvalue weighted by atomic mass is 9.87. The summed E-state index contributed by atoms with van der Waals surface area (Å²) in [7, 11) is 0. The van der Waals surface area contributed by atoms with Gasteiger partial charge in [0.2, 0.25) is 5.91 Å². The van der Waals surface area contributed by atoms with Gasteiger partial charge in [-0.2, -0.15) is 0 Å². The number of nitrogens with one attached hydrogen (secondary N) is 1. The van der Waals surface area contributed by atoms with Crippen molar-refractivity contribution in [1.82, 2.24) is 10.3 Å². The summed E-state index contributed by atoms with van der Waals surface area (Å²) in [5, 5.41) is 4.62. The fourth-order valence-electron chi connectivity index (χ4n) is 2.29. The summed E-state index contributed by atoms with van der Waals surface area (Å²) >= 11 is 7.51. The van der Waals surface area contributed by atoms with Gasteiger partial charge in [0.1, 0.15) is 5.01 Å². The summed E-state index contributed by atoms with van der Waals surface area (Å²) in [4.78, 5) is 18.0. The van der Waals surface area contributed by atoms with Crippen molar-refractivity contribution in [2.24, 2.45) is 11.1 Å². The fourth-order valence-corrected chi connectivity index (χ4v) is 3.49. The molecule has 138 valence electrons. The molecule has 0 aliphatic heterocycles. The van der Waals surface area contributed by atoms with Gasteiger partial charge in [-0.1, -0.05) is 44.5 Å². The Hall–Kier alpha value is -1.14. The molecule has 1 heterocycles. The summed E-state index contributed by atoms with van der Waals surface area (Å²) in [5.74, 6) is -0.143. The SMILES string of the molecule is Cc1nc(-c2ccc(Cl)cc2)sc1C(C)NC(=O)[C@@H](N)C(C)(C)C.Cl. The predicted molar refractivity (Wildman–Crippen MR) is 109 cm³/mol. The Morgan fingerprint density at radius 3 is 2.36 bits per heavy atom. The van der Waals surface area contributed by atoms with Crippen molar-refractivity contribution in [3.05, 3.63) is 39.9 Å². The number of amides is 1. The molecule has 0 spiro atoms. The first-order chi connectivity index (χ1) is 11.1. The lowest BCUT2D eigenvalue weighted by Gasteiger charge is -2.27. The van der Waals surface area contributed by atoms with E-state index in [1.54, 1.807) is 11.3 Å². The van der Waals surface area contributed by atoms with E-state index in [4.69, 9.17) is 17.3 Å². The Morgan fingerprint density at radius 2 is 1.84 bits per heavy atom. The van der Waals surface area contributed by atoms with Crippen LogP contribution in [0.5, 0.6) is 0 Å². The lowest BCUT2D eigenvalue weighted by molar-refractivity contribution is -0.125. The third-order valence-corrected chi connectivity index (χ3v) is 5.53. The molecule has 4 nitrogen and oxygen atoms in total. The van der Waals surface area contributed by atoms with Gasteiger partial charge in [0.05, 0.1) is 22.7 Å². The van der Waals surface area contributed by atoms with E-state index in [2.05, 4.69) is 10.3 Å². The van der Waals surface area contributed by atoms with Crippen LogP contribution in [0.2, 0.25) is 5.02 Å². The average molecular weight is 402 g/mol. The third-order valence-electron chi connectivity index (χ3n) is 3.89. The summed E-state index contributed by atoms with van der Waals surface area (Å²) < 4.78 is 0. The van der Waals surface area contributed by atoms with Crippen LogP contribution in [0.15, 0.2) is 24.3 Å². The van der Waals surface area contributed by atoms with E-state index >= 15 is 0 Å². The molecule has 1 amide bonds. The van der Waals surface area contributed by atoms with Gasteiger partial charge in [-0.25, -0.2) is 4.98 Å². The van der Waals surface area contributed by atoms with E-state index in [0.717, 1.165) is 21.1 Å². The molecule has 0 fully saturated rings. The molecule has 0 aliphatic carbocycles. The minimum atomic E-state index is -0.552. The largest absolute Gasteiger partial charge is 0.347 e. The summed E-state index contributed by atoms with van der Waals surface area (Å²) in [6, 6.07) is 6.90. The second-order valence-corrected chi connectivity index (χ2v) is 8.52. The Kier molecular flexibility index (Phi) is 7.44. The van der Waals surface area contributed by atoms with Gasteiger partial charge in [0.25, 0.3) is 0 Å². The maximum atomic E-state index is 12.3. The van der Waals surface area contributed by atoms with E-state index in [1.165, 1.54) is 0 Å². The first-order valence-electron chi connectivity index (χ1n) is 7.89. The Morgan fingerprint density at radius 1 is 1.28 bits per heavy atom. The van der Waals surface area contributed by atoms with Crippen LogP contribution in [-0.2, 0) is 4.79 Å². The molecule has 0 saturated heterocycles. The average Bonchev–Trinajstić information content (AvgIpc) is 2.88. The quantitative estimate of drug-likeness (QED) is 0.776. The zero-order valence-electron chi connectivity index (χ0n) is 15.1. The Balaban J connectivity index is 0.00000312. The molecular weight excluding hydrogens is 377 g/mol. The minimum absolute atomic E-state index is 0. The molecule has 2 rings (SSSR count). The maximum absolute atomic E-state index is 12.3. The van der Waals surface area contributed by atoms with Crippen LogP contribution in [0.3, 0.4) is 0 Å². The van der Waals surface area contributed by atoms with Crippen molar-refractivity contribution < 1.29 is 4.79 Å². The highest BCUT2D eigenvalue weighted by Gasteiger charge is 2.29. The molecule has 2 atom stereocenters. The molecular formula is C18H25Cl2N3OS. The molecule has 0 bridgehead atoms. The highest BCUT2D eigenvalue weighted by atomic mass is 35.5. The topological polar surface area (TPSA) is 68.0 Å². The number of benzene rings is 1. The highest BCUT2D eigenvalue weighted by molar-refractivity contribution is 7.15. The molecule has 0 aliphatic rings. The highest BCUT2D eigenvalue weighted by Crippen LogP contribution is 2.32. The second kappa shape index (κ2) is 8.49. The first kappa shape index (κ1) is 21.9. The molecule has 1 unspecified atom stereocenters. The van der Waals surface area contributed by atoms with Crippen molar-refractivity contribution in [2.45, 2.75) is 46.7 Å². The zero-order valence-corrected chi connectivity index (χ0v) is 17.5. The van der Waals surface area contributed by atoms with Gasteiger partial charge in [-0.3, -0.25) is 4.79 Å². The molecule has 25 heavy (non-hydrogen) atoms. The van der Waals surface area contributed by atoms with Crippen molar-refractivity contribution in [3.63, 3.8) is 0 Å². The van der Waals surface area contributed by atoms with Crippen molar-refractivity contribution >= 4 is 41.3 Å². The van der Waals surface area contributed by atoms with Crippen LogP contribution in [-0.4, -0.2) is 16.9 Å². The van der Waals surface area contributed by atoms with Gasteiger partial charge >= 0.3 is 0 Å². The lowest BCUT2D eigenvalue weighted by Crippen LogP contribution is -2.49. The van der Waals surface area contributed by atoms with Crippen molar-refractivity contribution in [1.29, 1.82) is 0 Å². The van der Waals surface area contributed by atoms with E-state index < -0.39 is 6.04 Å². The summed E-state index contributed by atoms with van der Waals surface area (Å²) in [5.41, 5.74) is 7.69. The van der Waals surface area contributed by atoms with Gasteiger partial charge in [-0.15, -0.1) is 23.7 Å². The standard InChI is InChI=1S/C18H24ClN3OS.ClH/c1-10(21-16(23)15(20)18(3,4)5)14-11(2)22-17(24-14)12-6-8-13(19)9-7-12;/h6-10,15H,20H2,1-5H3,(H,21,23);1H/t10?,15-;/m1./s1. The number of aryl methyl sites for hydroxylation is 1. The number of hydrogen-bond donors (Lipinski definition) is 2. The number of nitrogens with two attached hydrogens (primary N) is 1. The molecule has 2 aromatic rings. The first-order valence-corrected chi connectivity index (χ1v) is 9.08. The van der Waals surface area contributed by atoms with Crippen molar-refractivity contribution in [3.8, 4) is 10.6 Å². The van der Waals surface area contributed by atoms with E-state index in [0.29, 0.717) is 5.02 Å². The van der Waals surface area contributed by atoms with Gasteiger partial charge < -0.3 is 11.1 Å². The number of hydrogen-bond acceptors (Lipinski definition) is 4. The van der Waals surface area contributed by atoms with Crippen LogP contribution < -0.4 is 11.1 Å². The summed E-state index contributed by atoms with van der Waals surface area (Å²) in [6.07, 6.45) is 0. The maximum Gasteiger partial charge on any atom is 0.237 e. The van der Waals surface area contributed by atoms with E-state index in [1.807, 2.05) is 58.9 Å². The van der Waals surface area contributed by atoms with E-state index in [-0.39, 0.29) is 29.8 Å². The third kappa shape index (κ3) is 5.42. The normalized spacial score (nSPS) is 13.7.